The molecule has 0 spiro atoms. The molecule has 0 radical (unpaired) electrons. The van der Waals surface area contributed by atoms with E-state index in [1.54, 1.807) is 24.4 Å². The molecule has 5 heteroatoms. The Labute approximate surface area is 151 Å². The van der Waals surface area contributed by atoms with Crippen LogP contribution >= 0.6 is 11.6 Å². The van der Waals surface area contributed by atoms with Crippen LogP contribution in [0.25, 0.3) is 0 Å². The Morgan fingerprint density at radius 1 is 1.00 bits per heavy atom. The van der Waals surface area contributed by atoms with E-state index in [0.29, 0.717) is 17.9 Å². The minimum atomic E-state index is -0.172. The third kappa shape index (κ3) is 4.81. The molecule has 25 heavy (non-hydrogen) atoms. The van der Waals surface area contributed by atoms with Gasteiger partial charge in [0, 0.05) is 17.1 Å². The van der Waals surface area contributed by atoms with Crippen LogP contribution in [0.1, 0.15) is 21.5 Å². The minimum absolute atomic E-state index is 0.172. The van der Waals surface area contributed by atoms with Crippen LogP contribution in [0.3, 0.4) is 0 Å². The van der Waals surface area contributed by atoms with Crippen molar-refractivity contribution >= 4 is 29.0 Å². The summed E-state index contributed by atoms with van der Waals surface area (Å²) in [6.07, 6.45) is 1.70. The number of hydrogen-bond donors (Lipinski definition) is 2. The lowest BCUT2D eigenvalue weighted by molar-refractivity contribution is 0.102. The molecule has 1 aromatic heterocycles. The second kappa shape index (κ2) is 7.81. The van der Waals surface area contributed by atoms with Crippen molar-refractivity contribution in [3.05, 3.63) is 88.6 Å². The molecule has 126 valence electrons. The smallest absolute Gasteiger partial charge is 0.256 e. The summed E-state index contributed by atoms with van der Waals surface area (Å²) in [5.41, 5.74) is 3.73. The number of nitrogens with zero attached hydrogens (tertiary/aromatic N) is 1. The molecule has 0 fully saturated rings. The Morgan fingerprint density at radius 2 is 1.72 bits per heavy atom. The van der Waals surface area contributed by atoms with E-state index < -0.39 is 0 Å². The maximum absolute atomic E-state index is 12.2. The number of anilines is 2. The van der Waals surface area contributed by atoms with Gasteiger partial charge in [-0.25, -0.2) is 4.98 Å². The quantitative estimate of drug-likeness (QED) is 0.686. The van der Waals surface area contributed by atoms with Gasteiger partial charge in [-0.05, 0) is 48.9 Å². The molecule has 0 aliphatic rings. The van der Waals surface area contributed by atoms with Crippen molar-refractivity contribution in [1.82, 2.24) is 4.98 Å². The Hall–Kier alpha value is -2.85. The first-order valence-corrected chi connectivity index (χ1v) is 8.30. The Bertz CT molecular complexity index is 844. The average Bonchev–Trinajstić information content (AvgIpc) is 2.63. The first kappa shape index (κ1) is 17.0. The number of aromatic nitrogens is 1. The zero-order valence-corrected chi connectivity index (χ0v) is 14.5. The minimum Gasteiger partial charge on any atom is -0.380 e. The maximum Gasteiger partial charge on any atom is 0.256 e. The molecule has 0 saturated carbocycles. The molecule has 0 aliphatic carbocycles. The molecule has 1 amide bonds. The van der Waals surface area contributed by atoms with Crippen LogP contribution < -0.4 is 10.6 Å². The highest BCUT2D eigenvalue weighted by atomic mass is 35.5. The largest absolute Gasteiger partial charge is 0.380 e. The second-order valence-electron chi connectivity index (χ2n) is 5.73. The van der Waals surface area contributed by atoms with E-state index in [1.165, 1.54) is 0 Å². The predicted octanol–water partition coefficient (Wildman–Crippen LogP) is 4.91. The number of hydrogen-bond acceptors (Lipinski definition) is 3. The monoisotopic (exact) mass is 351 g/mol. The van der Waals surface area contributed by atoms with Crippen LogP contribution in [-0.4, -0.2) is 10.9 Å². The van der Waals surface area contributed by atoms with Crippen molar-refractivity contribution in [2.45, 2.75) is 13.5 Å². The third-order valence-corrected chi connectivity index (χ3v) is 3.98. The number of nitrogens with one attached hydrogen (secondary N) is 2. The van der Waals surface area contributed by atoms with Gasteiger partial charge in [-0.2, -0.15) is 0 Å². The lowest BCUT2D eigenvalue weighted by atomic mass is 10.1. The number of rotatable bonds is 5. The predicted molar refractivity (Wildman–Crippen MR) is 102 cm³/mol. The zero-order chi connectivity index (χ0) is 17.6. The van der Waals surface area contributed by atoms with Crippen molar-refractivity contribution in [2.24, 2.45) is 0 Å². The fraction of sp³-hybridized carbons (Fsp3) is 0.100. The first-order valence-electron chi connectivity index (χ1n) is 7.92. The fourth-order valence-electron chi connectivity index (χ4n) is 2.27. The summed E-state index contributed by atoms with van der Waals surface area (Å²) in [5, 5.41) is 6.79. The molecule has 0 bridgehead atoms. The standard InChI is InChI=1S/C20H18ClN3O/c1-14-2-6-16(7-3-14)20(25)24-19-11-10-18(13-23-19)22-12-15-4-8-17(21)9-5-15/h2-11,13,22H,12H2,1H3,(H,23,24,25). The van der Waals surface area contributed by atoms with E-state index in [2.05, 4.69) is 15.6 Å². The summed E-state index contributed by atoms with van der Waals surface area (Å²) in [6, 6.07) is 18.7. The SMILES string of the molecule is Cc1ccc(C(=O)Nc2ccc(NCc3ccc(Cl)cc3)cn2)cc1. The Kier molecular flexibility index (Phi) is 5.31. The molecule has 0 unspecified atom stereocenters. The van der Waals surface area contributed by atoms with Crippen molar-refractivity contribution in [3.63, 3.8) is 0 Å². The number of pyridine rings is 1. The van der Waals surface area contributed by atoms with Crippen LogP contribution in [0.4, 0.5) is 11.5 Å². The van der Waals surface area contributed by atoms with Gasteiger partial charge >= 0.3 is 0 Å². The van der Waals surface area contributed by atoms with Gasteiger partial charge in [-0.15, -0.1) is 0 Å². The van der Waals surface area contributed by atoms with E-state index in [4.69, 9.17) is 11.6 Å². The van der Waals surface area contributed by atoms with Gasteiger partial charge in [0.05, 0.1) is 11.9 Å². The number of carbonyl (C=O) groups is 1. The lowest BCUT2D eigenvalue weighted by Crippen LogP contribution is -2.12. The highest BCUT2D eigenvalue weighted by molar-refractivity contribution is 6.30. The van der Waals surface area contributed by atoms with Gasteiger partial charge in [-0.3, -0.25) is 4.79 Å². The Morgan fingerprint density at radius 3 is 2.36 bits per heavy atom. The lowest BCUT2D eigenvalue weighted by Gasteiger charge is -2.08. The molecule has 2 aromatic carbocycles. The molecule has 4 nitrogen and oxygen atoms in total. The van der Waals surface area contributed by atoms with Crippen molar-refractivity contribution in [3.8, 4) is 0 Å². The molecule has 1 heterocycles. The van der Waals surface area contributed by atoms with Gasteiger partial charge in [0.25, 0.3) is 5.91 Å². The molecule has 0 atom stereocenters. The molecular formula is C20H18ClN3O. The molecule has 3 aromatic rings. The number of halogens is 1. The van der Waals surface area contributed by atoms with Gasteiger partial charge in [0.2, 0.25) is 0 Å². The van der Waals surface area contributed by atoms with Crippen molar-refractivity contribution < 1.29 is 4.79 Å². The molecular weight excluding hydrogens is 334 g/mol. The van der Waals surface area contributed by atoms with E-state index in [9.17, 15) is 4.79 Å². The summed E-state index contributed by atoms with van der Waals surface area (Å²) in [6.45, 7) is 2.66. The molecule has 0 saturated heterocycles. The number of amides is 1. The van der Waals surface area contributed by atoms with E-state index in [0.717, 1.165) is 21.8 Å². The average molecular weight is 352 g/mol. The van der Waals surface area contributed by atoms with Crippen molar-refractivity contribution in [1.29, 1.82) is 0 Å². The summed E-state index contributed by atoms with van der Waals surface area (Å²) in [4.78, 5) is 16.4. The molecule has 0 aliphatic heterocycles. The van der Waals surface area contributed by atoms with Crippen molar-refractivity contribution in [2.75, 3.05) is 10.6 Å². The fourth-order valence-corrected chi connectivity index (χ4v) is 2.40. The highest BCUT2D eigenvalue weighted by Crippen LogP contribution is 2.14. The van der Waals surface area contributed by atoms with Gasteiger partial charge in [-0.1, -0.05) is 41.4 Å². The number of benzene rings is 2. The van der Waals surface area contributed by atoms with E-state index >= 15 is 0 Å². The topological polar surface area (TPSA) is 54.0 Å². The Balaban J connectivity index is 1.57. The van der Waals surface area contributed by atoms with Gasteiger partial charge < -0.3 is 10.6 Å². The third-order valence-electron chi connectivity index (χ3n) is 3.73. The van der Waals surface area contributed by atoms with E-state index in [-0.39, 0.29) is 5.91 Å². The summed E-state index contributed by atoms with van der Waals surface area (Å²) < 4.78 is 0. The second-order valence-corrected chi connectivity index (χ2v) is 6.17. The number of carbonyl (C=O) groups excluding carboxylic acids is 1. The molecule has 2 N–H and O–H groups in total. The van der Waals surface area contributed by atoms with Crippen LogP contribution in [-0.2, 0) is 6.54 Å². The molecule has 3 rings (SSSR count). The first-order chi connectivity index (χ1) is 12.1. The van der Waals surface area contributed by atoms with Gasteiger partial charge in [0.15, 0.2) is 0 Å². The van der Waals surface area contributed by atoms with Gasteiger partial charge in [0.1, 0.15) is 5.82 Å². The summed E-state index contributed by atoms with van der Waals surface area (Å²) in [5.74, 6) is 0.344. The summed E-state index contributed by atoms with van der Waals surface area (Å²) >= 11 is 5.87. The zero-order valence-electron chi connectivity index (χ0n) is 13.8. The van der Waals surface area contributed by atoms with Crippen LogP contribution in [0.5, 0.6) is 0 Å². The normalized spacial score (nSPS) is 10.3. The van der Waals surface area contributed by atoms with E-state index in [1.807, 2.05) is 49.4 Å². The van der Waals surface area contributed by atoms with Crippen LogP contribution in [0.2, 0.25) is 5.02 Å². The summed E-state index contributed by atoms with van der Waals surface area (Å²) in [7, 11) is 0. The van der Waals surface area contributed by atoms with Crippen LogP contribution in [0, 0.1) is 6.92 Å². The number of aryl methyl sites for hydroxylation is 1. The highest BCUT2D eigenvalue weighted by Gasteiger charge is 2.06. The van der Waals surface area contributed by atoms with Crippen LogP contribution in [0.15, 0.2) is 66.9 Å². The maximum atomic E-state index is 12.2.